The van der Waals surface area contributed by atoms with Gasteiger partial charge in [-0.1, -0.05) is 35.5 Å². The molecule has 0 spiro atoms. The van der Waals surface area contributed by atoms with Gasteiger partial charge in [0.05, 0.1) is 23.7 Å². The fourth-order valence-electron chi connectivity index (χ4n) is 3.16. The molecular weight excluding hydrogens is 392 g/mol. The standard InChI is InChI=1S/C23H16N6O2/c30-23(20-14-25-18-7-3-4-8-19(18)26-20)27-17-6-2-1-5-16(17)13-21-28-22(29-31-21)15-9-11-24-12-10-15/h1-12,14H,13H2,(H,27,30). The number of anilines is 1. The van der Waals surface area contributed by atoms with Crippen LogP contribution in [0.3, 0.4) is 0 Å². The average Bonchev–Trinajstić information content (AvgIpc) is 3.29. The third-order valence-electron chi connectivity index (χ3n) is 4.70. The third kappa shape index (κ3) is 3.99. The molecule has 31 heavy (non-hydrogen) atoms. The number of nitrogens with one attached hydrogen (secondary N) is 1. The van der Waals surface area contributed by atoms with Crippen LogP contribution < -0.4 is 5.32 Å². The summed E-state index contributed by atoms with van der Waals surface area (Å²) in [5, 5.41) is 6.94. The molecule has 0 aliphatic rings. The molecule has 8 heteroatoms. The Bertz CT molecular complexity index is 1370. The summed E-state index contributed by atoms with van der Waals surface area (Å²) in [7, 11) is 0. The summed E-state index contributed by atoms with van der Waals surface area (Å²) < 4.78 is 5.40. The lowest BCUT2D eigenvalue weighted by Gasteiger charge is -2.09. The van der Waals surface area contributed by atoms with E-state index in [2.05, 4.69) is 30.4 Å². The number of para-hydroxylation sites is 3. The van der Waals surface area contributed by atoms with Crippen molar-refractivity contribution in [1.82, 2.24) is 25.1 Å². The minimum Gasteiger partial charge on any atom is -0.339 e. The molecule has 0 saturated heterocycles. The van der Waals surface area contributed by atoms with E-state index in [1.54, 1.807) is 12.4 Å². The molecule has 0 bridgehead atoms. The maximum Gasteiger partial charge on any atom is 0.275 e. The lowest BCUT2D eigenvalue weighted by Crippen LogP contribution is -2.15. The van der Waals surface area contributed by atoms with Gasteiger partial charge in [0.25, 0.3) is 5.91 Å². The van der Waals surface area contributed by atoms with Crippen molar-refractivity contribution in [2.24, 2.45) is 0 Å². The lowest BCUT2D eigenvalue weighted by atomic mass is 10.1. The van der Waals surface area contributed by atoms with Crippen molar-refractivity contribution in [1.29, 1.82) is 0 Å². The van der Waals surface area contributed by atoms with E-state index in [1.807, 2.05) is 60.7 Å². The molecule has 5 rings (SSSR count). The van der Waals surface area contributed by atoms with Crippen molar-refractivity contribution in [2.75, 3.05) is 5.32 Å². The molecule has 0 atom stereocenters. The molecule has 150 valence electrons. The number of hydrogen-bond donors (Lipinski definition) is 1. The zero-order valence-electron chi connectivity index (χ0n) is 16.3. The van der Waals surface area contributed by atoms with Gasteiger partial charge in [-0.2, -0.15) is 4.98 Å². The first-order valence-electron chi connectivity index (χ1n) is 9.60. The van der Waals surface area contributed by atoms with Gasteiger partial charge in [0, 0.05) is 23.6 Å². The number of hydrogen-bond acceptors (Lipinski definition) is 7. The van der Waals surface area contributed by atoms with Crippen molar-refractivity contribution in [2.45, 2.75) is 6.42 Å². The van der Waals surface area contributed by atoms with Gasteiger partial charge in [-0.05, 0) is 35.9 Å². The third-order valence-corrected chi connectivity index (χ3v) is 4.70. The van der Waals surface area contributed by atoms with E-state index in [9.17, 15) is 4.79 Å². The SMILES string of the molecule is O=C(Nc1ccccc1Cc1nc(-c2ccncc2)no1)c1cnc2ccccc2n1. The number of amides is 1. The summed E-state index contributed by atoms with van der Waals surface area (Å²) in [6, 6.07) is 18.5. The number of carbonyl (C=O) groups excluding carboxylic acids is 1. The normalized spacial score (nSPS) is 10.8. The first-order valence-corrected chi connectivity index (χ1v) is 9.60. The van der Waals surface area contributed by atoms with Crippen LogP contribution in [0.15, 0.2) is 83.8 Å². The molecule has 0 aliphatic carbocycles. The molecule has 3 aromatic heterocycles. The summed E-state index contributed by atoms with van der Waals surface area (Å²) in [5.41, 5.74) is 3.95. The topological polar surface area (TPSA) is 107 Å². The maximum absolute atomic E-state index is 12.8. The Morgan fingerprint density at radius 2 is 1.68 bits per heavy atom. The first kappa shape index (κ1) is 18.6. The lowest BCUT2D eigenvalue weighted by molar-refractivity contribution is 0.102. The number of aromatic nitrogens is 5. The quantitative estimate of drug-likeness (QED) is 0.470. The van der Waals surface area contributed by atoms with Crippen LogP contribution in [0, 0.1) is 0 Å². The van der Waals surface area contributed by atoms with Gasteiger partial charge in [0.15, 0.2) is 0 Å². The molecule has 0 saturated carbocycles. The minimum absolute atomic E-state index is 0.242. The van der Waals surface area contributed by atoms with Crippen LogP contribution in [0.5, 0.6) is 0 Å². The predicted molar refractivity (Wildman–Crippen MR) is 114 cm³/mol. The summed E-state index contributed by atoms with van der Waals surface area (Å²) in [4.78, 5) is 29.9. The van der Waals surface area contributed by atoms with Gasteiger partial charge in [0.2, 0.25) is 11.7 Å². The van der Waals surface area contributed by atoms with Gasteiger partial charge < -0.3 is 9.84 Å². The number of carbonyl (C=O) groups is 1. The fourth-order valence-corrected chi connectivity index (χ4v) is 3.16. The highest BCUT2D eigenvalue weighted by atomic mass is 16.5. The molecule has 1 N–H and O–H groups in total. The van der Waals surface area contributed by atoms with E-state index in [4.69, 9.17) is 4.52 Å². The number of pyridine rings is 1. The summed E-state index contributed by atoms with van der Waals surface area (Å²) in [6.07, 6.45) is 5.19. The summed E-state index contributed by atoms with van der Waals surface area (Å²) >= 11 is 0. The molecule has 5 aromatic rings. The van der Waals surface area contributed by atoms with Gasteiger partial charge in [0.1, 0.15) is 5.69 Å². The van der Waals surface area contributed by atoms with Gasteiger partial charge in [-0.25, -0.2) is 4.98 Å². The van der Waals surface area contributed by atoms with Crippen LogP contribution in [0.2, 0.25) is 0 Å². The van der Waals surface area contributed by atoms with E-state index < -0.39 is 0 Å². The van der Waals surface area contributed by atoms with Crippen LogP contribution >= 0.6 is 0 Å². The van der Waals surface area contributed by atoms with Crippen molar-refractivity contribution in [3.05, 3.63) is 96.4 Å². The molecule has 0 radical (unpaired) electrons. The molecule has 0 fully saturated rings. The van der Waals surface area contributed by atoms with Crippen molar-refractivity contribution in [3.63, 3.8) is 0 Å². The van der Waals surface area contributed by atoms with Gasteiger partial charge in [-0.3, -0.25) is 14.8 Å². The second kappa shape index (κ2) is 8.11. The van der Waals surface area contributed by atoms with Crippen LogP contribution in [0.1, 0.15) is 21.9 Å². The number of fused-ring (bicyclic) bond motifs is 1. The average molecular weight is 408 g/mol. The minimum atomic E-state index is -0.339. The van der Waals surface area contributed by atoms with Crippen LogP contribution in [-0.2, 0) is 6.42 Å². The smallest absolute Gasteiger partial charge is 0.275 e. The van der Waals surface area contributed by atoms with E-state index >= 15 is 0 Å². The Kier molecular flexibility index (Phi) is 4.86. The second-order valence-electron chi connectivity index (χ2n) is 6.78. The van der Waals surface area contributed by atoms with Crippen molar-refractivity contribution >= 4 is 22.6 Å². The Balaban J connectivity index is 1.37. The molecule has 1 amide bonds. The molecule has 0 aliphatic heterocycles. The largest absolute Gasteiger partial charge is 0.339 e. The molecule has 2 aromatic carbocycles. The summed E-state index contributed by atoms with van der Waals surface area (Å²) in [6.45, 7) is 0. The molecule has 0 unspecified atom stereocenters. The van der Waals surface area contributed by atoms with Crippen molar-refractivity contribution < 1.29 is 9.32 Å². The Hall–Kier alpha value is -4.46. The molecular formula is C23H16N6O2. The Morgan fingerprint density at radius 3 is 2.55 bits per heavy atom. The zero-order chi connectivity index (χ0) is 21.0. The second-order valence-corrected chi connectivity index (χ2v) is 6.78. The monoisotopic (exact) mass is 408 g/mol. The van der Waals surface area contributed by atoms with E-state index in [0.717, 1.165) is 16.6 Å². The van der Waals surface area contributed by atoms with Gasteiger partial charge >= 0.3 is 0 Å². The highest BCUT2D eigenvalue weighted by Crippen LogP contribution is 2.21. The first-order chi connectivity index (χ1) is 15.3. The van der Waals surface area contributed by atoms with E-state index in [-0.39, 0.29) is 11.6 Å². The summed E-state index contributed by atoms with van der Waals surface area (Å²) in [5.74, 6) is 0.595. The Morgan fingerprint density at radius 1 is 0.903 bits per heavy atom. The van der Waals surface area contributed by atoms with Crippen molar-refractivity contribution in [3.8, 4) is 11.4 Å². The predicted octanol–water partition coefficient (Wildman–Crippen LogP) is 3.92. The highest BCUT2D eigenvalue weighted by molar-refractivity contribution is 6.03. The van der Waals surface area contributed by atoms with E-state index in [0.29, 0.717) is 29.3 Å². The molecule has 8 nitrogen and oxygen atoms in total. The number of benzene rings is 2. The molecule has 3 heterocycles. The van der Waals surface area contributed by atoms with Crippen LogP contribution in [0.4, 0.5) is 5.69 Å². The highest BCUT2D eigenvalue weighted by Gasteiger charge is 2.15. The van der Waals surface area contributed by atoms with Gasteiger partial charge in [-0.15, -0.1) is 0 Å². The van der Waals surface area contributed by atoms with Crippen LogP contribution in [-0.4, -0.2) is 31.0 Å². The fraction of sp³-hybridized carbons (Fsp3) is 0.0435. The number of nitrogens with zero attached hydrogens (tertiary/aromatic N) is 5. The zero-order valence-corrected chi connectivity index (χ0v) is 16.3. The van der Waals surface area contributed by atoms with E-state index in [1.165, 1.54) is 6.20 Å². The Labute approximate surface area is 177 Å². The maximum atomic E-state index is 12.8. The number of rotatable bonds is 5. The van der Waals surface area contributed by atoms with Crippen LogP contribution in [0.25, 0.3) is 22.4 Å².